The van der Waals surface area contributed by atoms with Gasteiger partial charge in [-0.3, -0.25) is 13.9 Å². The molecule has 6 nitrogen and oxygen atoms in total. The number of hydrogen-bond acceptors (Lipinski definition) is 6. The monoisotopic (exact) mass is 258 g/mol. The number of carbonyl (C=O) groups excluding carboxylic acids is 1. The van der Waals surface area contributed by atoms with Crippen molar-refractivity contribution in [2.45, 2.75) is 20.8 Å². The van der Waals surface area contributed by atoms with Gasteiger partial charge in [-0.25, -0.2) is 0 Å². The van der Waals surface area contributed by atoms with Gasteiger partial charge in [0.05, 0.1) is 19.8 Å². The Morgan fingerprint density at radius 2 is 1.60 bits per heavy atom. The van der Waals surface area contributed by atoms with Crippen molar-refractivity contribution in [2.24, 2.45) is 0 Å². The van der Waals surface area contributed by atoms with Crippen LogP contribution < -0.4 is 0 Å². The maximum atomic E-state index is 11.8. The van der Waals surface area contributed by atoms with Gasteiger partial charge in [0.25, 0.3) is 8.03 Å². The first kappa shape index (κ1) is 15.0. The van der Waals surface area contributed by atoms with Gasteiger partial charge in [0.15, 0.2) is 0 Å². The molecule has 0 heterocycles. The molecule has 1 atom stereocenters. The lowest BCUT2D eigenvalue weighted by Gasteiger charge is -2.14. The van der Waals surface area contributed by atoms with Crippen LogP contribution in [0.25, 0.3) is 0 Å². The molecule has 90 valence electrons. The minimum absolute atomic E-state index is 0.0459. The van der Waals surface area contributed by atoms with Crippen LogP contribution in [0.15, 0.2) is 0 Å². The molecule has 0 aliphatic carbocycles. The maximum absolute atomic E-state index is 11.8. The molecule has 15 heavy (non-hydrogen) atoms. The smallest absolute Gasteiger partial charge is 0.325 e. The van der Waals surface area contributed by atoms with Crippen molar-refractivity contribution in [3.8, 4) is 0 Å². The van der Waals surface area contributed by atoms with Crippen LogP contribution in [-0.4, -0.2) is 25.1 Å². The minimum atomic E-state index is -3.93. The third-order valence-corrected chi connectivity index (χ3v) is 5.26. The summed E-state index contributed by atoms with van der Waals surface area (Å²) in [5, 5.41) is -1.07. The first-order valence-electron chi connectivity index (χ1n) is 4.62. The summed E-state index contributed by atoms with van der Waals surface area (Å²) in [4.78, 5) is 11.4. The van der Waals surface area contributed by atoms with E-state index in [9.17, 15) is 13.9 Å². The first-order valence-corrected chi connectivity index (χ1v) is 7.48. The molecule has 0 saturated heterocycles. The molecule has 1 unspecified atom stereocenters. The van der Waals surface area contributed by atoms with E-state index >= 15 is 0 Å². The summed E-state index contributed by atoms with van der Waals surface area (Å²) in [5.41, 5.74) is 0. The van der Waals surface area contributed by atoms with Crippen molar-refractivity contribution < 1.29 is 27.5 Å². The van der Waals surface area contributed by atoms with Crippen LogP contribution in [0.3, 0.4) is 0 Å². The van der Waals surface area contributed by atoms with Gasteiger partial charge < -0.3 is 13.6 Å². The molecule has 8 heteroatoms. The zero-order chi connectivity index (χ0) is 11.9. The van der Waals surface area contributed by atoms with Gasteiger partial charge >= 0.3 is 12.9 Å². The molecule has 0 amide bonds. The summed E-state index contributed by atoms with van der Waals surface area (Å²) in [7, 11) is -6.95. The first-order chi connectivity index (χ1) is 7.01. The van der Waals surface area contributed by atoms with Crippen LogP contribution in [0.4, 0.5) is 4.79 Å². The average Bonchev–Trinajstić information content (AvgIpc) is 2.17. The standard InChI is InChI=1S/C7H16O6P2/c1-4-11-14(9)7(8)15(10,12-5-2)13-6-3/h14H,4-6H2,1-3H3. The molecule has 0 N–H and O–H groups in total. The molecule has 0 spiro atoms. The highest BCUT2D eigenvalue weighted by Gasteiger charge is 2.38. The molecule has 0 aliphatic heterocycles. The molecular weight excluding hydrogens is 242 g/mol. The lowest BCUT2D eigenvalue weighted by Crippen LogP contribution is -2.03. The largest absolute Gasteiger partial charge is 0.406 e. The zero-order valence-electron chi connectivity index (χ0n) is 9.02. The summed E-state index contributed by atoms with van der Waals surface area (Å²) in [5.74, 6) is 0. The highest BCUT2D eigenvalue weighted by Crippen LogP contribution is 2.57. The highest BCUT2D eigenvalue weighted by molar-refractivity contribution is 7.93. The van der Waals surface area contributed by atoms with E-state index in [1.807, 2.05) is 0 Å². The summed E-state index contributed by atoms with van der Waals surface area (Å²) < 4.78 is 37.1. The molecule has 0 aromatic heterocycles. The molecule has 0 rings (SSSR count). The molecule has 0 fully saturated rings. The van der Waals surface area contributed by atoms with Crippen molar-refractivity contribution in [2.75, 3.05) is 19.8 Å². The maximum Gasteiger partial charge on any atom is 0.406 e. The topological polar surface area (TPSA) is 78.9 Å². The Morgan fingerprint density at radius 3 is 1.93 bits per heavy atom. The van der Waals surface area contributed by atoms with Crippen molar-refractivity contribution in [3.63, 3.8) is 0 Å². The van der Waals surface area contributed by atoms with Gasteiger partial charge in [-0.2, -0.15) is 0 Å². The fraction of sp³-hybridized carbons (Fsp3) is 0.857. The third kappa shape index (κ3) is 4.58. The predicted octanol–water partition coefficient (Wildman–Crippen LogP) is 2.88. The van der Waals surface area contributed by atoms with Gasteiger partial charge in [0.2, 0.25) is 0 Å². The Hall–Kier alpha value is 0.01000. The molecule has 0 saturated carbocycles. The molecule has 0 aromatic carbocycles. The molecule has 0 bridgehead atoms. The summed E-state index contributed by atoms with van der Waals surface area (Å²) in [6.07, 6.45) is 0. The van der Waals surface area contributed by atoms with Crippen LogP contribution in [0.1, 0.15) is 20.8 Å². The van der Waals surface area contributed by atoms with E-state index in [1.54, 1.807) is 20.8 Å². The van der Waals surface area contributed by atoms with Crippen molar-refractivity contribution >= 4 is 20.9 Å². The minimum Gasteiger partial charge on any atom is -0.325 e. The summed E-state index contributed by atoms with van der Waals surface area (Å²) in [6, 6.07) is 0. The van der Waals surface area contributed by atoms with E-state index in [1.165, 1.54) is 0 Å². The normalized spacial score (nSPS) is 13.8. The Balaban J connectivity index is 4.69. The van der Waals surface area contributed by atoms with Crippen molar-refractivity contribution in [1.82, 2.24) is 0 Å². The van der Waals surface area contributed by atoms with Gasteiger partial charge in [-0.05, 0) is 20.8 Å². The third-order valence-electron chi connectivity index (χ3n) is 1.30. The lowest BCUT2D eigenvalue weighted by molar-refractivity contribution is 0.213. The van der Waals surface area contributed by atoms with E-state index < -0.39 is 20.9 Å². The predicted molar refractivity (Wildman–Crippen MR) is 56.9 cm³/mol. The van der Waals surface area contributed by atoms with Crippen LogP contribution in [0.2, 0.25) is 0 Å². The van der Waals surface area contributed by atoms with Crippen molar-refractivity contribution in [1.29, 1.82) is 0 Å². The second kappa shape index (κ2) is 7.31. The lowest BCUT2D eigenvalue weighted by atomic mass is 10.9. The van der Waals surface area contributed by atoms with Gasteiger partial charge in [0.1, 0.15) is 0 Å². The molecule has 0 radical (unpaired) electrons. The fourth-order valence-electron chi connectivity index (χ4n) is 0.799. The number of hydrogen-bond donors (Lipinski definition) is 0. The number of carbonyl (C=O) groups is 1. The van der Waals surface area contributed by atoms with Gasteiger partial charge in [-0.1, -0.05) is 0 Å². The van der Waals surface area contributed by atoms with E-state index in [-0.39, 0.29) is 19.8 Å². The number of rotatable bonds is 8. The van der Waals surface area contributed by atoms with Crippen LogP contribution >= 0.6 is 15.6 Å². The average molecular weight is 258 g/mol. The summed E-state index contributed by atoms with van der Waals surface area (Å²) in [6.45, 7) is 4.92. The Bertz CT molecular complexity index is 267. The van der Waals surface area contributed by atoms with Crippen LogP contribution in [0, 0.1) is 0 Å². The van der Waals surface area contributed by atoms with E-state index in [4.69, 9.17) is 9.05 Å². The van der Waals surface area contributed by atoms with Gasteiger partial charge in [-0.15, -0.1) is 0 Å². The Morgan fingerprint density at radius 1 is 1.13 bits per heavy atom. The van der Waals surface area contributed by atoms with Crippen LogP contribution in [-0.2, 0) is 22.7 Å². The second-order valence-electron chi connectivity index (χ2n) is 2.36. The van der Waals surface area contributed by atoms with Crippen LogP contribution in [0.5, 0.6) is 0 Å². The van der Waals surface area contributed by atoms with E-state index in [0.29, 0.717) is 0 Å². The van der Waals surface area contributed by atoms with Gasteiger partial charge in [0, 0.05) is 0 Å². The quantitative estimate of drug-likeness (QED) is 0.623. The second-order valence-corrected chi connectivity index (χ2v) is 6.01. The highest BCUT2D eigenvalue weighted by atomic mass is 31.2. The Labute approximate surface area is 89.7 Å². The molecule has 0 aliphatic rings. The van der Waals surface area contributed by atoms with E-state index in [0.717, 1.165) is 0 Å². The molecule has 0 aromatic rings. The van der Waals surface area contributed by atoms with E-state index in [2.05, 4.69) is 4.52 Å². The summed E-state index contributed by atoms with van der Waals surface area (Å²) >= 11 is 0. The zero-order valence-corrected chi connectivity index (χ0v) is 10.9. The molecular formula is C7H16O6P2. The van der Waals surface area contributed by atoms with Crippen molar-refractivity contribution in [3.05, 3.63) is 0 Å². The SMILES string of the molecule is CCO[PH](=O)C(=O)P(=O)(OCC)OCC. The fourth-order valence-corrected chi connectivity index (χ4v) is 3.65. The Kier molecular flexibility index (Phi) is 7.32.